The molecule has 2 heterocycles. The Balaban J connectivity index is 1.76. The molecule has 7 heteroatoms. The second kappa shape index (κ2) is 6.65. The lowest BCUT2D eigenvalue weighted by molar-refractivity contribution is 0.515. The average molecular weight is 375 g/mol. The van der Waals surface area contributed by atoms with Gasteiger partial charge in [0.05, 0.1) is 15.6 Å². The number of aromatic nitrogens is 3. The third kappa shape index (κ3) is 3.22. The first-order chi connectivity index (χ1) is 12.1. The Kier molecular flexibility index (Phi) is 4.36. The molecule has 0 radical (unpaired) electrons. The van der Waals surface area contributed by atoms with Crippen LogP contribution in [0.2, 0.25) is 10.0 Å². The molecule has 0 aromatic heterocycles. The van der Waals surface area contributed by atoms with Gasteiger partial charge in [0.2, 0.25) is 5.95 Å². The molecule has 1 saturated carbocycles. The molecule has 0 amide bonds. The Morgan fingerprint density at radius 3 is 2.64 bits per heavy atom. The molecule has 0 unspecified atom stereocenters. The SMILES string of the molecule is O=c1nc(Nc2ccc(Cl)c(Cl)c2)nc2n(C3CCCC3)cccc1-2. The van der Waals surface area contributed by atoms with Crippen molar-refractivity contribution in [2.75, 3.05) is 5.32 Å². The summed E-state index contributed by atoms with van der Waals surface area (Å²) in [5.41, 5.74) is 0.922. The van der Waals surface area contributed by atoms with Crippen LogP contribution < -0.4 is 10.9 Å². The summed E-state index contributed by atoms with van der Waals surface area (Å²) >= 11 is 12.0. The van der Waals surface area contributed by atoms with Crippen molar-refractivity contribution in [2.24, 2.45) is 0 Å². The molecule has 1 aliphatic carbocycles. The van der Waals surface area contributed by atoms with Gasteiger partial charge in [-0.25, -0.2) is 0 Å². The Bertz CT molecular complexity index is 950. The van der Waals surface area contributed by atoms with Crippen molar-refractivity contribution in [3.05, 3.63) is 56.9 Å². The average Bonchev–Trinajstić information content (AvgIpc) is 3.12. The molecule has 3 aliphatic rings. The van der Waals surface area contributed by atoms with Crippen molar-refractivity contribution < 1.29 is 0 Å². The number of hydrogen-bond donors (Lipinski definition) is 1. The summed E-state index contributed by atoms with van der Waals surface area (Å²) in [6, 6.07) is 9.17. The van der Waals surface area contributed by atoms with Crippen molar-refractivity contribution in [3.63, 3.8) is 0 Å². The topological polar surface area (TPSA) is 59.8 Å². The second-order valence-corrected chi connectivity index (χ2v) is 7.01. The molecule has 1 aromatic rings. The maximum absolute atomic E-state index is 12.4. The van der Waals surface area contributed by atoms with Gasteiger partial charge in [-0.3, -0.25) is 4.79 Å². The molecule has 0 saturated heterocycles. The van der Waals surface area contributed by atoms with Crippen LogP contribution in [0.1, 0.15) is 31.7 Å². The van der Waals surface area contributed by atoms with Crippen LogP contribution in [0.4, 0.5) is 11.6 Å². The summed E-state index contributed by atoms with van der Waals surface area (Å²) in [7, 11) is 0. The highest BCUT2D eigenvalue weighted by atomic mass is 35.5. The van der Waals surface area contributed by atoms with Gasteiger partial charge in [-0.2, -0.15) is 9.97 Å². The largest absolute Gasteiger partial charge is 0.329 e. The van der Waals surface area contributed by atoms with E-state index in [2.05, 4.69) is 19.9 Å². The van der Waals surface area contributed by atoms with Gasteiger partial charge >= 0.3 is 0 Å². The summed E-state index contributed by atoms with van der Waals surface area (Å²) in [4.78, 5) is 21.1. The molecule has 0 spiro atoms. The number of anilines is 2. The van der Waals surface area contributed by atoms with E-state index in [9.17, 15) is 4.79 Å². The van der Waals surface area contributed by atoms with Crippen LogP contribution in [0, 0.1) is 0 Å². The Morgan fingerprint density at radius 1 is 1.08 bits per heavy atom. The molecular formula is C18H16Cl2N4O. The van der Waals surface area contributed by atoms with Crippen molar-refractivity contribution in [2.45, 2.75) is 31.7 Å². The number of pyridine rings is 1. The van der Waals surface area contributed by atoms with Crippen molar-refractivity contribution in [3.8, 4) is 11.4 Å². The molecule has 0 atom stereocenters. The van der Waals surface area contributed by atoms with E-state index in [1.165, 1.54) is 12.8 Å². The second-order valence-electron chi connectivity index (χ2n) is 6.20. The van der Waals surface area contributed by atoms with Crippen molar-refractivity contribution in [1.82, 2.24) is 14.5 Å². The fraction of sp³-hybridized carbons (Fsp3) is 0.278. The van der Waals surface area contributed by atoms with Crippen LogP contribution >= 0.6 is 23.2 Å². The zero-order valence-corrected chi connectivity index (χ0v) is 14.9. The smallest absolute Gasteiger partial charge is 0.284 e. The number of fused-ring (bicyclic) bond motifs is 1. The van der Waals surface area contributed by atoms with Gasteiger partial charge in [0, 0.05) is 17.9 Å². The first-order valence-corrected chi connectivity index (χ1v) is 8.98. The van der Waals surface area contributed by atoms with Crippen molar-refractivity contribution in [1.29, 1.82) is 0 Å². The number of halogens is 2. The molecule has 25 heavy (non-hydrogen) atoms. The van der Waals surface area contributed by atoms with Gasteiger partial charge in [0.15, 0.2) is 0 Å². The van der Waals surface area contributed by atoms with Crippen LogP contribution in [0.3, 0.4) is 0 Å². The van der Waals surface area contributed by atoms with E-state index in [1.54, 1.807) is 24.3 Å². The summed E-state index contributed by atoms with van der Waals surface area (Å²) in [5, 5.41) is 3.94. The van der Waals surface area contributed by atoms with Crippen LogP contribution in [-0.2, 0) is 0 Å². The number of rotatable bonds is 3. The minimum Gasteiger partial charge on any atom is -0.329 e. The quantitative estimate of drug-likeness (QED) is 0.707. The highest BCUT2D eigenvalue weighted by Crippen LogP contribution is 2.33. The van der Waals surface area contributed by atoms with Gasteiger partial charge in [-0.15, -0.1) is 0 Å². The van der Waals surface area contributed by atoms with Crippen molar-refractivity contribution >= 4 is 34.8 Å². The fourth-order valence-electron chi connectivity index (χ4n) is 3.32. The van der Waals surface area contributed by atoms with E-state index in [-0.39, 0.29) is 11.5 Å². The highest BCUT2D eigenvalue weighted by Gasteiger charge is 2.22. The predicted octanol–water partition coefficient (Wildman–Crippen LogP) is 4.91. The minimum atomic E-state index is -0.292. The van der Waals surface area contributed by atoms with E-state index < -0.39 is 0 Å². The molecular weight excluding hydrogens is 359 g/mol. The number of hydrogen-bond acceptors (Lipinski definition) is 4. The number of nitrogens with one attached hydrogen (secondary N) is 1. The fourth-order valence-corrected chi connectivity index (χ4v) is 3.62. The Labute approximate surface area is 155 Å². The third-order valence-corrected chi connectivity index (χ3v) is 5.28. The third-order valence-electron chi connectivity index (χ3n) is 4.54. The van der Waals surface area contributed by atoms with Crippen LogP contribution in [0.15, 0.2) is 41.3 Å². The zero-order chi connectivity index (χ0) is 17.4. The summed E-state index contributed by atoms with van der Waals surface area (Å²) in [5.74, 6) is 0.922. The highest BCUT2D eigenvalue weighted by molar-refractivity contribution is 6.42. The molecule has 4 rings (SSSR count). The molecule has 1 N–H and O–H groups in total. The normalized spacial score (nSPS) is 15.0. The molecule has 1 fully saturated rings. The molecule has 128 valence electrons. The standard InChI is InChI=1S/C18H16Cl2N4O/c19-14-8-7-11(10-15(14)20)21-18-22-16-13(17(25)23-18)6-3-9-24(16)12-4-1-2-5-12/h3,6-10,12H,1-2,4-5H2,(H,21,23,25). The summed E-state index contributed by atoms with van der Waals surface area (Å²) < 4.78 is 2.10. The Morgan fingerprint density at radius 2 is 1.88 bits per heavy atom. The molecule has 2 aliphatic heterocycles. The van der Waals surface area contributed by atoms with E-state index in [0.29, 0.717) is 33.2 Å². The maximum atomic E-state index is 12.4. The predicted molar refractivity (Wildman–Crippen MR) is 100 cm³/mol. The molecule has 0 bridgehead atoms. The Hall–Kier alpha value is -2.11. The van der Waals surface area contributed by atoms with Crippen LogP contribution in [-0.4, -0.2) is 14.5 Å². The minimum absolute atomic E-state index is 0.258. The first kappa shape index (κ1) is 16.4. The number of nitrogens with zero attached hydrogens (tertiary/aromatic N) is 3. The van der Waals surface area contributed by atoms with Gasteiger partial charge in [0.25, 0.3) is 5.56 Å². The van der Waals surface area contributed by atoms with Gasteiger partial charge in [0.1, 0.15) is 5.82 Å². The maximum Gasteiger partial charge on any atom is 0.284 e. The van der Waals surface area contributed by atoms with E-state index >= 15 is 0 Å². The van der Waals surface area contributed by atoms with E-state index in [0.717, 1.165) is 12.8 Å². The van der Waals surface area contributed by atoms with E-state index in [1.807, 2.05) is 12.3 Å². The molecule has 1 aromatic carbocycles. The lowest BCUT2D eigenvalue weighted by atomic mass is 10.2. The summed E-state index contributed by atoms with van der Waals surface area (Å²) in [6.45, 7) is 0. The first-order valence-electron chi connectivity index (χ1n) is 8.23. The van der Waals surface area contributed by atoms with Crippen LogP contribution in [0.25, 0.3) is 11.4 Å². The lowest BCUT2D eigenvalue weighted by Gasteiger charge is -2.20. The van der Waals surface area contributed by atoms with Gasteiger partial charge in [-0.1, -0.05) is 36.0 Å². The lowest BCUT2D eigenvalue weighted by Crippen LogP contribution is -2.20. The van der Waals surface area contributed by atoms with Gasteiger partial charge < -0.3 is 9.88 Å². The summed E-state index contributed by atoms with van der Waals surface area (Å²) in [6.07, 6.45) is 6.62. The number of benzene rings is 1. The zero-order valence-electron chi connectivity index (χ0n) is 13.4. The monoisotopic (exact) mass is 374 g/mol. The van der Waals surface area contributed by atoms with Crippen LogP contribution in [0.5, 0.6) is 0 Å². The molecule has 5 nitrogen and oxygen atoms in total. The van der Waals surface area contributed by atoms with E-state index in [4.69, 9.17) is 23.2 Å². The van der Waals surface area contributed by atoms with Gasteiger partial charge in [-0.05, 0) is 43.2 Å².